The minimum absolute atomic E-state index is 0.307. The average molecular weight is 388 g/mol. The van der Waals surface area contributed by atoms with Crippen LogP contribution in [0.2, 0.25) is 0 Å². The SMILES string of the molecule is Cc1ccnc(Cc2ccc(OC(=O)N3CCN(c4ccccn4)CC3)cc2)c1. The van der Waals surface area contributed by atoms with Gasteiger partial charge in [0, 0.05) is 50.7 Å². The quantitative estimate of drug-likeness (QED) is 0.682. The van der Waals surface area contributed by atoms with Crippen LogP contribution < -0.4 is 9.64 Å². The van der Waals surface area contributed by atoms with Crippen molar-refractivity contribution in [2.75, 3.05) is 31.1 Å². The van der Waals surface area contributed by atoms with E-state index in [9.17, 15) is 4.79 Å². The van der Waals surface area contributed by atoms with Gasteiger partial charge < -0.3 is 14.5 Å². The molecule has 6 heteroatoms. The van der Waals surface area contributed by atoms with Gasteiger partial charge in [0.05, 0.1) is 0 Å². The van der Waals surface area contributed by atoms with E-state index in [1.54, 1.807) is 11.1 Å². The molecule has 29 heavy (non-hydrogen) atoms. The van der Waals surface area contributed by atoms with Gasteiger partial charge in [0.25, 0.3) is 0 Å². The first-order valence-electron chi connectivity index (χ1n) is 9.80. The van der Waals surface area contributed by atoms with Crippen molar-refractivity contribution in [1.82, 2.24) is 14.9 Å². The highest BCUT2D eigenvalue weighted by Gasteiger charge is 2.23. The number of nitrogens with zero attached hydrogens (tertiary/aromatic N) is 4. The predicted octanol–water partition coefficient (Wildman–Crippen LogP) is 3.70. The molecule has 4 rings (SSSR count). The van der Waals surface area contributed by atoms with Crippen molar-refractivity contribution in [2.24, 2.45) is 0 Å². The molecule has 0 aliphatic carbocycles. The van der Waals surface area contributed by atoms with E-state index in [1.807, 2.05) is 54.7 Å². The number of ether oxygens (including phenoxy) is 1. The van der Waals surface area contributed by atoms with Crippen molar-refractivity contribution < 1.29 is 9.53 Å². The lowest BCUT2D eigenvalue weighted by Gasteiger charge is -2.34. The number of aromatic nitrogens is 2. The molecule has 2 aromatic heterocycles. The first-order chi connectivity index (χ1) is 14.2. The Labute approximate surface area is 170 Å². The van der Waals surface area contributed by atoms with E-state index in [-0.39, 0.29) is 6.09 Å². The van der Waals surface area contributed by atoms with Crippen LogP contribution in [0.15, 0.2) is 67.0 Å². The van der Waals surface area contributed by atoms with Gasteiger partial charge in [0.15, 0.2) is 0 Å². The normalized spacial score (nSPS) is 14.0. The number of hydrogen-bond donors (Lipinski definition) is 0. The fraction of sp³-hybridized carbons (Fsp3) is 0.261. The van der Waals surface area contributed by atoms with Crippen molar-refractivity contribution >= 4 is 11.9 Å². The number of pyridine rings is 2. The Kier molecular flexibility index (Phi) is 5.70. The number of rotatable bonds is 4. The van der Waals surface area contributed by atoms with E-state index < -0.39 is 0 Å². The number of aryl methyl sites for hydroxylation is 1. The summed E-state index contributed by atoms with van der Waals surface area (Å²) < 4.78 is 5.56. The highest BCUT2D eigenvalue weighted by molar-refractivity contribution is 5.71. The number of hydrogen-bond acceptors (Lipinski definition) is 5. The summed E-state index contributed by atoms with van der Waals surface area (Å²) in [6.45, 7) is 4.78. The number of amides is 1. The lowest BCUT2D eigenvalue weighted by molar-refractivity contribution is 0.149. The fourth-order valence-electron chi connectivity index (χ4n) is 3.40. The lowest BCUT2D eigenvalue weighted by Crippen LogP contribution is -2.49. The van der Waals surface area contributed by atoms with E-state index in [1.165, 1.54) is 5.56 Å². The molecule has 0 bridgehead atoms. The zero-order chi connectivity index (χ0) is 20.1. The van der Waals surface area contributed by atoms with E-state index in [4.69, 9.17) is 4.74 Å². The maximum Gasteiger partial charge on any atom is 0.415 e. The molecule has 1 amide bonds. The Morgan fingerprint density at radius 2 is 1.76 bits per heavy atom. The Balaban J connectivity index is 1.30. The summed E-state index contributed by atoms with van der Waals surface area (Å²) in [5, 5.41) is 0. The van der Waals surface area contributed by atoms with Crippen LogP contribution in [0.25, 0.3) is 0 Å². The minimum Gasteiger partial charge on any atom is -0.410 e. The third-order valence-corrected chi connectivity index (χ3v) is 5.00. The van der Waals surface area contributed by atoms with Gasteiger partial charge in [-0.05, 0) is 54.4 Å². The second kappa shape index (κ2) is 8.73. The number of benzene rings is 1. The van der Waals surface area contributed by atoms with Crippen LogP contribution >= 0.6 is 0 Å². The van der Waals surface area contributed by atoms with Gasteiger partial charge in [-0.2, -0.15) is 0 Å². The average Bonchev–Trinajstić information content (AvgIpc) is 2.76. The first kappa shape index (κ1) is 18.9. The zero-order valence-electron chi connectivity index (χ0n) is 16.5. The molecule has 1 saturated heterocycles. The van der Waals surface area contributed by atoms with Crippen molar-refractivity contribution in [2.45, 2.75) is 13.3 Å². The van der Waals surface area contributed by atoms with Crippen LogP contribution in [0, 0.1) is 6.92 Å². The molecule has 0 saturated carbocycles. The van der Waals surface area contributed by atoms with E-state index in [0.29, 0.717) is 18.8 Å². The van der Waals surface area contributed by atoms with Crippen LogP contribution in [0.5, 0.6) is 5.75 Å². The van der Waals surface area contributed by atoms with Crippen molar-refractivity contribution in [3.63, 3.8) is 0 Å². The Bertz CT molecular complexity index is 952. The van der Waals surface area contributed by atoms with Gasteiger partial charge in [-0.25, -0.2) is 9.78 Å². The lowest BCUT2D eigenvalue weighted by atomic mass is 10.1. The second-order valence-electron chi connectivity index (χ2n) is 7.18. The molecule has 3 aromatic rings. The Morgan fingerprint density at radius 3 is 2.45 bits per heavy atom. The molecule has 1 aliphatic rings. The smallest absolute Gasteiger partial charge is 0.410 e. The van der Waals surface area contributed by atoms with Gasteiger partial charge in [0.1, 0.15) is 11.6 Å². The largest absolute Gasteiger partial charge is 0.415 e. The minimum atomic E-state index is -0.307. The molecule has 148 valence electrons. The number of carbonyl (C=O) groups is 1. The fourth-order valence-corrected chi connectivity index (χ4v) is 3.40. The summed E-state index contributed by atoms with van der Waals surface area (Å²) in [7, 11) is 0. The molecule has 6 nitrogen and oxygen atoms in total. The standard InChI is InChI=1S/C23H24N4O2/c1-18-9-11-24-20(16-18)17-19-5-7-21(8-6-19)29-23(28)27-14-12-26(13-15-27)22-4-2-3-10-25-22/h2-11,16H,12-15,17H2,1H3. The summed E-state index contributed by atoms with van der Waals surface area (Å²) in [5.74, 6) is 1.50. The molecule has 1 aromatic carbocycles. The summed E-state index contributed by atoms with van der Waals surface area (Å²) >= 11 is 0. The first-order valence-corrected chi connectivity index (χ1v) is 9.80. The molecular formula is C23H24N4O2. The maximum absolute atomic E-state index is 12.5. The van der Waals surface area contributed by atoms with E-state index in [0.717, 1.165) is 36.6 Å². The maximum atomic E-state index is 12.5. The van der Waals surface area contributed by atoms with Gasteiger partial charge in [-0.15, -0.1) is 0 Å². The van der Waals surface area contributed by atoms with Gasteiger partial charge in [-0.3, -0.25) is 4.98 Å². The molecule has 0 radical (unpaired) electrons. The molecule has 1 aliphatic heterocycles. The second-order valence-corrected chi connectivity index (χ2v) is 7.18. The highest BCUT2D eigenvalue weighted by Crippen LogP contribution is 2.17. The predicted molar refractivity (Wildman–Crippen MR) is 112 cm³/mol. The molecule has 3 heterocycles. The van der Waals surface area contributed by atoms with Crippen LogP contribution in [0.3, 0.4) is 0 Å². The molecular weight excluding hydrogens is 364 g/mol. The monoisotopic (exact) mass is 388 g/mol. The summed E-state index contributed by atoms with van der Waals surface area (Å²) in [5.41, 5.74) is 3.36. The van der Waals surface area contributed by atoms with Crippen LogP contribution in [-0.4, -0.2) is 47.1 Å². The van der Waals surface area contributed by atoms with Gasteiger partial charge in [0.2, 0.25) is 0 Å². The van der Waals surface area contributed by atoms with Crippen LogP contribution in [-0.2, 0) is 6.42 Å². The number of carbonyl (C=O) groups excluding carboxylic acids is 1. The van der Waals surface area contributed by atoms with Crippen molar-refractivity contribution in [1.29, 1.82) is 0 Å². The molecule has 0 atom stereocenters. The summed E-state index contributed by atoms with van der Waals surface area (Å²) in [6.07, 6.45) is 4.06. The van der Waals surface area contributed by atoms with E-state index in [2.05, 4.69) is 27.9 Å². The molecule has 0 spiro atoms. The van der Waals surface area contributed by atoms with E-state index >= 15 is 0 Å². The third kappa shape index (κ3) is 4.90. The molecule has 1 fully saturated rings. The molecule has 0 N–H and O–H groups in total. The number of anilines is 1. The Hall–Kier alpha value is -3.41. The summed E-state index contributed by atoms with van der Waals surface area (Å²) in [4.78, 5) is 25.2. The number of piperazine rings is 1. The Morgan fingerprint density at radius 1 is 0.966 bits per heavy atom. The van der Waals surface area contributed by atoms with Gasteiger partial charge in [-0.1, -0.05) is 18.2 Å². The van der Waals surface area contributed by atoms with Crippen LogP contribution in [0.4, 0.5) is 10.6 Å². The third-order valence-electron chi connectivity index (χ3n) is 5.00. The zero-order valence-corrected chi connectivity index (χ0v) is 16.5. The van der Waals surface area contributed by atoms with Crippen LogP contribution in [0.1, 0.15) is 16.8 Å². The van der Waals surface area contributed by atoms with Gasteiger partial charge >= 0.3 is 6.09 Å². The highest BCUT2D eigenvalue weighted by atomic mass is 16.6. The van der Waals surface area contributed by atoms with Crippen molar-refractivity contribution in [3.8, 4) is 5.75 Å². The topological polar surface area (TPSA) is 58.6 Å². The molecule has 0 unspecified atom stereocenters. The van der Waals surface area contributed by atoms with Crippen molar-refractivity contribution in [3.05, 3.63) is 83.8 Å². The summed E-state index contributed by atoms with van der Waals surface area (Å²) in [6, 6.07) is 17.6.